The molecule has 0 aliphatic carbocycles. The molecule has 22 heavy (non-hydrogen) atoms. The zero-order valence-electron chi connectivity index (χ0n) is 14.0. The highest BCUT2D eigenvalue weighted by Gasteiger charge is 2.20. The van der Waals surface area contributed by atoms with Gasteiger partial charge in [-0.1, -0.05) is 13.8 Å². The van der Waals surface area contributed by atoms with Crippen molar-refractivity contribution in [3.8, 4) is 0 Å². The Labute approximate surface area is 152 Å². The Kier molecular flexibility index (Phi) is 11.4. The minimum atomic E-state index is -2.78. The molecule has 8 heteroatoms. The quantitative estimate of drug-likeness (QED) is 0.264. The zero-order valence-corrected chi connectivity index (χ0v) is 17.1. The van der Waals surface area contributed by atoms with E-state index in [1.165, 1.54) is 6.42 Å². The van der Waals surface area contributed by atoms with Crippen LogP contribution < -0.4 is 10.6 Å². The van der Waals surface area contributed by atoms with Gasteiger partial charge in [0, 0.05) is 39.8 Å². The molecule has 0 saturated carbocycles. The number of sulfone groups is 1. The molecule has 0 bridgehead atoms. The van der Waals surface area contributed by atoms with Crippen molar-refractivity contribution in [1.82, 2.24) is 15.5 Å². The second-order valence-corrected chi connectivity index (χ2v) is 8.26. The normalized spacial score (nSPS) is 18.8. The predicted molar refractivity (Wildman–Crippen MR) is 104 cm³/mol. The number of aliphatic imine (C=N–C) groups is 1. The van der Waals surface area contributed by atoms with Crippen LogP contribution in [0.15, 0.2) is 4.99 Å². The number of halogens is 1. The molecule has 0 aromatic rings. The fraction of sp³-hybridized carbons (Fsp3) is 0.929. The number of hydrogen-bond acceptors (Lipinski definition) is 4. The van der Waals surface area contributed by atoms with E-state index in [9.17, 15) is 8.42 Å². The molecular weight excluding hydrogens is 415 g/mol. The van der Waals surface area contributed by atoms with Gasteiger partial charge in [0.1, 0.15) is 0 Å². The van der Waals surface area contributed by atoms with Crippen LogP contribution in [-0.4, -0.2) is 70.6 Å². The third-order valence-electron chi connectivity index (χ3n) is 3.63. The molecule has 1 aliphatic heterocycles. The van der Waals surface area contributed by atoms with E-state index in [4.69, 9.17) is 0 Å². The molecule has 0 unspecified atom stereocenters. The van der Waals surface area contributed by atoms with Crippen LogP contribution in [0, 0.1) is 5.92 Å². The number of nitrogens with one attached hydrogen (secondary N) is 2. The minimum absolute atomic E-state index is 0. The van der Waals surface area contributed by atoms with Crippen LogP contribution in [0.25, 0.3) is 0 Å². The average molecular weight is 446 g/mol. The molecule has 0 spiro atoms. The van der Waals surface area contributed by atoms with Crippen LogP contribution in [0.4, 0.5) is 0 Å². The Hall–Kier alpha value is -0.0900. The van der Waals surface area contributed by atoms with Gasteiger partial charge < -0.3 is 10.6 Å². The van der Waals surface area contributed by atoms with Gasteiger partial charge in [-0.05, 0) is 18.8 Å². The molecule has 0 amide bonds. The first-order valence-electron chi connectivity index (χ1n) is 7.80. The summed E-state index contributed by atoms with van der Waals surface area (Å²) in [5, 5.41) is 6.57. The van der Waals surface area contributed by atoms with Crippen LogP contribution >= 0.6 is 24.0 Å². The highest BCUT2D eigenvalue weighted by atomic mass is 127. The number of hydrogen-bond donors (Lipinski definition) is 2. The number of rotatable bonds is 7. The van der Waals surface area contributed by atoms with Gasteiger partial charge in [-0.3, -0.25) is 9.89 Å². The molecule has 6 nitrogen and oxygen atoms in total. The SMILES string of the molecule is CN=C(NCCCC(C)C)NCCN1CCS(=O)(=O)CC1.I. The van der Waals surface area contributed by atoms with E-state index in [0.717, 1.165) is 37.9 Å². The second-order valence-electron chi connectivity index (χ2n) is 5.96. The summed E-state index contributed by atoms with van der Waals surface area (Å²) in [6, 6.07) is 0. The summed E-state index contributed by atoms with van der Waals surface area (Å²) in [6.45, 7) is 8.30. The number of nitrogens with zero attached hydrogens (tertiary/aromatic N) is 2. The van der Waals surface area contributed by atoms with Gasteiger partial charge in [0.05, 0.1) is 11.5 Å². The lowest BCUT2D eigenvalue weighted by atomic mass is 10.1. The van der Waals surface area contributed by atoms with Gasteiger partial charge in [-0.25, -0.2) is 8.42 Å². The van der Waals surface area contributed by atoms with E-state index in [1.54, 1.807) is 7.05 Å². The van der Waals surface area contributed by atoms with Crippen molar-refractivity contribution in [2.45, 2.75) is 26.7 Å². The van der Waals surface area contributed by atoms with Crippen molar-refractivity contribution >= 4 is 39.8 Å². The Balaban J connectivity index is 0.00000441. The number of guanidine groups is 1. The molecule has 1 rings (SSSR count). The highest BCUT2D eigenvalue weighted by Crippen LogP contribution is 2.03. The lowest BCUT2D eigenvalue weighted by Gasteiger charge is -2.26. The molecular formula is C14H31IN4O2S. The van der Waals surface area contributed by atoms with Crippen LogP contribution in [0.2, 0.25) is 0 Å². The van der Waals surface area contributed by atoms with E-state index < -0.39 is 9.84 Å². The summed E-state index contributed by atoms with van der Waals surface area (Å²) in [5.74, 6) is 2.13. The average Bonchev–Trinajstić information content (AvgIpc) is 2.43. The fourth-order valence-corrected chi connectivity index (χ4v) is 3.52. The fourth-order valence-electron chi connectivity index (χ4n) is 2.24. The molecule has 1 saturated heterocycles. The molecule has 1 heterocycles. The Morgan fingerprint density at radius 3 is 2.32 bits per heavy atom. The van der Waals surface area contributed by atoms with Gasteiger partial charge in [0.15, 0.2) is 15.8 Å². The van der Waals surface area contributed by atoms with Crippen molar-refractivity contribution in [3.05, 3.63) is 0 Å². The van der Waals surface area contributed by atoms with E-state index in [2.05, 4.69) is 34.4 Å². The largest absolute Gasteiger partial charge is 0.356 e. The standard InChI is InChI=1S/C14H30N4O2S.HI/c1-13(2)5-4-6-16-14(15-3)17-7-8-18-9-11-21(19,20)12-10-18;/h13H,4-12H2,1-3H3,(H2,15,16,17);1H. The van der Waals surface area contributed by atoms with Gasteiger partial charge in [0.25, 0.3) is 0 Å². The van der Waals surface area contributed by atoms with Crippen LogP contribution in [0.1, 0.15) is 26.7 Å². The summed E-state index contributed by atoms with van der Waals surface area (Å²) < 4.78 is 22.7. The Morgan fingerprint density at radius 2 is 1.77 bits per heavy atom. The van der Waals surface area contributed by atoms with Crippen molar-refractivity contribution in [2.75, 3.05) is 51.3 Å². The Bertz CT molecular complexity index is 413. The zero-order chi connectivity index (χ0) is 15.7. The van der Waals surface area contributed by atoms with Crippen molar-refractivity contribution < 1.29 is 8.42 Å². The van der Waals surface area contributed by atoms with Crippen LogP contribution in [0.5, 0.6) is 0 Å². The van der Waals surface area contributed by atoms with E-state index in [1.807, 2.05) is 0 Å². The van der Waals surface area contributed by atoms with Crippen molar-refractivity contribution in [3.63, 3.8) is 0 Å². The molecule has 1 aliphatic rings. The third kappa shape index (κ3) is 9.83. The maximum atomic E-state index is 11.3. The Morgan fingerprint density at radius 1 is 1.18 bits per heavy atom. The lowest BCUT2D eigenvalue weighted by molar-refractivity contribution is 0.299. The lowest BCUT2D eigenvalue weighted by Crippen LogP contribution is -2.46. The predicted octanol–water partition coefficient (Wildman–Crippen LogP) is 0.936. The minimum Gasteiger partial charge on any atom is -0.356 e. The first kappa shape index (κ1) is 21.9. The molecule has 0 aromatic heterocycles. The monoisotopic (exact) mass is 446 g/mol. The summed E-state index contributed by atoms with van der Waals surface area (Å²) in [6.07, 6.45) is 2.36. The summed E-state index contributed by atoms with van der Waals surface area (Å²) in [7, 11) is -1.01. The molecule has 0 aromatic carbocycles. The first-order valence-corrected chi connectivity index (χ1v) is 9.62. The molecule has 0 radical (unpaired) electrons. The topological polar surface area (TPSA) is 73.8 Å². The summed E-state index contributed by atoms with van der Waals surface area (Å²) >= 11 is 0. The molecule has 1 fully saturated rings. The van der Waals surface area contributed by atoms with Gasteiger partial charge in [-0.15, -0.1) is 24.0 Å². The maximum Gasteiger partial charge on any atom is 0.191 e. The van der Waals surface area contributed by atoms with Gasteiger partial charge in [-0.2, -0.15) is 0 Å². The highest BCUT2D eigenvalue weighted by molar-refractivity contribution is 14.0. The van der Waals surface area contributed by atoms with Gasteiger partial charge in [0.2, 0.25) is 0 Å². The van der Waals surface area contributed by atoms with Crippen LogP contribution in [0.3, 0.4) is 0 Å². The maximum absolute atomic E-state index is 11.3. The molecule has 132 valence electrons. The smallest absolute Gasteiger partial charge is 0.191 e. The van der Waals surface area contributed by atoms with Crippen LogP contribution in [-0.2, 0) is 9.84 Å². The molecule has 0 atom stereocenters. The van der Waals surface area contributed by atoms with E-state index in [-0.39, 0.29) is 35.5 Å². The third-order valence-corrected chi connectivity index (χ3v) is 5.24. The summed E-state index contributed by atoms with van der Waals surface area (Å²) in [5.41, 5.74) is 0. The van der Waals surface area contributed by atoms with E-state index >= 15 is 0 Å². The second kappa shape index (κ2) is 11.4. The molecule has 2 N–H and O–H groups in total. The first-order chi connectivity index (χ1) is 9.93. The van der Waals surface area contributed by atoms with Crippen molar-refractivity contribution in [2.24, 2.45) is 10.9 Å². The van der Waals surface area contributed by atoms with Gasteiger partial charge >= 0.3 is 0 Å². The summed E-state index contributed by atoms with van der Waals surface area (Å²) in [4.78, 5) is 6.37. The van der Waals surface area contributed by atoms with E-state index in [0.29, 0.717) is 13.1 Å². The van der Waals surface area contributed by atoms with Crippen molar-refractivity contribution in [1.29, 1.82) is 0 Å².